The van der Waals surface area contributed by atoms with E-state index in [1.807, 2.05) is 0 Å². The Kier molecular flexibility index (Phi) is 6.15. The maximum atomic E-state index is 12.2. The number of amides is 1. The molecule has 0 atom stereocenters. The van der Waals surface area contributed by atoms with E-state index in [4.69, 9.17) is 14.2 Å². The van der Waals surface area contributed by atoms with Crippen molar-refractivity contribution in [3.8, 4) is 17.2 Å². The lowest BCUT2D eigenvalue weighted by Crippen LogP contribution is -2.09. The normalized spacial score (nSPS) is 10.4. The molecular weight excluding hydrogens is 340 g/mol. The van der Waals surface area contributed by atoms with Crippen molar-refractivity contribution in [1.82, 2.24) is 0 Å². The van der Waals surface area contributed by atoms with Crippen LogP contribution in [0.5, 0.6) is 17.2 Å². The third-order valence-corrected chi connectivity index (χ3v) is 3.51. The van der Waals surface area contributed by atoms with Crippen LogP contribution in [0.2, 0.25) is 0 Å². The number of ether oxygens (including phenoxy) is 3. The van der Waals surface area contributed by atoms with Gasteiger partial charge in [0.25, 0.3) is 5.69 Å². The van der Waals surface area contributed by atoms with Gasteiger partial charge in [-0.2, -0.15) is 0 Å². The van der Waals surface area contributed by atoms with E-state index in [1.165, 1.54) is 38.5 Å². The van der Waals surface area contributed by atoms with Gasteiger partial charge in [0.05, 0.1) is 31.9 Å². The zero-order valence-corrected chi connectivity index (χ0v) is 14.5. The SMILES string of the molecule is COc1ccc(/C=C/C(=O)Nc2cc([N+](=O)[O-])ccc2OC)c(OC)c1. The Morgan fingerprint density at radius 1 is 1.04 bits per heavy atom. The number of hydrogen-bond donors (Lipinski definition) is 1. The van der Waals surface area contributed by atoms with Crippen molar-refractivity contribution < 1.29 is 23.9 Å². The minimum atomic E-state index is -0.548. The van der Waals surface area contributed by atoms with Gasteiger partial charge in [-0.25, -0.2) is 0 Å². The van der Waals surface area contributed by atoms with Crippen LogP contribution in [-0.2, 0) is 4.79 Å². The fourth-order valence-corrected chi connectivity index (χ4v) is 2.20. The largest absolute Gasteiger partial charge is 0.497 e. The van der Waals surface area contributed by atoms with Crippen molar-refractivity contribution in [3.63, 3.8) is 0 Å². The number of rotatable bonds is 7. The zero-order chi connectivity index (χ0) is 19.1. The van der Waals surface area contributed by atoms with Crippen LogP contribution in [0.15, 0.2) is 42.5 Å². The van der Waals surface area contributed by atoms with Crippen molar-refractivity contribution in [1.29, 1.82) is 0 Å². The molecule has 2 rings (SSSR count). The number of nitrogens with one attached hydrogen (secondary N) is 1. The van der Waals surface area contributed by atoms with E-state index in [0.717, 1.165) is 0 Å². The van der Waals surface area contributed by atoms with Crippen LogP contribution in [0, 0.1) is 10.1 Å². The lowest BCUT2D eigenvalue weighted by atomic mass is 10.1. The molecule has 0 unspecified atom stereocenters. The quantitative estimate of drug-likeness (QED) is 0.463. The van der Waals surface area contributed by atoms with E-state index in [1.54, 1.807) is 31.4 Å². The number of nitro benzene ring substituents is 1. The first kappa shape index (κ1) is 18.8. The van der Waals surface area contributed by atoms with Gasteiger partial charge in [-0.05, 0) is 24.3 Å². The molecule has 26 heavy (non-hydrogen) atoms. The highest BCUT2D eigenvalue weighted by Crippen LogP contribution is 2.29. The molecule has 0 fully saturated rings. The second-order valence-corrected chi connectivity index (χ2v) is 5.07. The summed E-state index contributed by atoms with van der Waals surface area (Å²) >= 11 is 0. The fourth-order valence-electron chi connectivity index (χ4n) is 2.20. The molecule has 0 bridgehead atoms. The Morgan fingerprint density at radius 3 is 2.38 bits per heavy atom. The number of benzene rings is 2. The van der Waals surface area contributed by atoms with Crippen LogP contribution in [0.25, 0.3) is 6.08 Å². The predicted molar refractivity (Wildman–Crippen MR) is 96.9 cm³/mol. The van der Waals surface area contributed by atoms with Crippen LogP contribution >= 0.6 is 0 Å². The van der Waals surface area contributed by atoms with E-state index >= 15 is 0 Å². The molecule has 0 saturated heterocycles. The van der Waals surface area contributed by atoms with E-state index in [0.29, 0.717) is 22.8 Å². The molecule has 2 aromatic rings. The van der Waals surface area contributed by atoms with Gasteiger partial charge in [-0.1, -0.05) is 0 Å². The van der Waals surface area contributed by atoms with Gasteiger partial charge < -0.3 is 19.5 Å². The molecule has 0 aromatic heterocycles. The van der Waals surface area contributed by atoms with Crippen LogP contribution in [0.1, 0.15) is 5.56 Å². The standard InChI is InChI=1S/C18H18N2O6/c1-24-14-7-4-12(17(11-14)26-3)5-9-18(21)19-15-10-13(20(22)23)6-8-16(15)25-2/h4-11H,1-3H3,(H,19,21)/b9-5+. The average molecular weight is 358 g/mol. The summed E-state index contributed by atoms with van der Waals surface area (Å²) in [6.07, 6.45) is 2.86. The summed E-state index contributed by atoms with van der Waals surface area (Å²) in [5.74, 6) is 1.02. The first-order valence-electron chi connectivity index (χ1n) is 7.52. The summed E-state index contributed by atoms with van der Waals surface area (Å²) in [6.45, 7) is 0. The number of carbonyl (C=O) groups excluding carboxylic acids is 1. The second kappa shape index (κ2) is 8.52. The highest BCUT2D eigenvalue weighted by Gasteiger charge is 2.13. The van der Waals surface area contributed by atoms with Crippen LogP contribution < -0.4 is 19.5 Å². The van der Waals surface area contributed by atoms with Gasteiger partial charge in [-0.3, -0.25) is 14.9 Å². The van der Waals surface area contributed by atoms with Crippen molar-refractivity contribution in [2.75, 3.05) is 26.6 Å². The topological polar surface area (TPSA) is 99.9 Å². The van der Waals surface area contributed by atoms with Gasteiger partial charge >= 0.3 is 0 Å². The Morgan fingerprint density at radius 2 is 1.77 bits per heavy atom. The van der Waals surface area contributed by atoms with Gasteiger partial charge in [0.2, 0.25) is 5.91 Å². The molecule has 8 nitrogen and oxygen atoms in total. The summed E-state index contributed by atoms with van der Waals surface area (Å²) in [6, 6.07) is 9.13. The van der Waals surface area contributed by atoms with Crippen molar-refractivity contribution >= 4 is 23.4 Å². The van der Waals surface area contributed by atoms with Crippen molar-refractivity contribution in [2.45, 2.75) is 0 Å². The summed E-state index contributed by atoms with van der Waals surface area (Å²) in [7, 11) is 4.47. The van der Waals surface area contributed by atoms with Gasteiger partial charge in [0.15, 0.2) is 0 Å². The third kappa shape index (κ3) is 4.50. The van der Waals surface area contributed by atoms with Crippen molar-refractivity contribution in [2.24, 2.45) is 0 Å². The molecule has 0 spiro atoms. The number of carbonyl (C=O) groups is 1. The molecule has 0 aliphatic heterocycles. The number of anilines is 1. The smallest absolute Gasteiger partial charge is 0.271 e. The summed E-state index contributed by atoms with van der Waals surface area (Å²) < 4.78 is 15.5. The van der Waals surface area contributed by atoms with Gasteiger partial charge in [0, 0.05) is 29.8 Å². The van der Waals surface area contributed by atoms with Crippen LogP contribution in [-0.4, -0.2) is 32.2 Å². The molecule has 1 N–H and O–H groups in total. The number of methoxy groups -OCH3 is 3. The highest BCUT2D eigenvalue weighted by molar-refractivity contribution is 6.03. The zero-order valence-electron chi connectivity index (χ0n) is 14.5. The lowest BCUT2D eigenvalue weighted by molar-refractivity contribution is -0.384. The number of nitrogens with zero attached hydrogens (tertiary/aromatic N) is 1. The summed E-state index contributed by atoms with van der Waals surface area (Å²) in [4.78, 5) is 22.5. The van der Waals surface area contributed by atoms with E-state index in [2.05, 4.69) is 5.32 Å². The van der Waals surface area contributed by atoms with Gasteiger partial charge in [-0.15, -0.1) is 0 Å². The molecule has 0 heterocycles. The molecule has 2 aromatic carbocycles. The Labute approximate surface area is 150 Å². The Bertz CT molecular complexity index is 848. The molecule has 0 aliphatic carbocycles. The first-order chi connectivity index (χ1) is 12.5. The lowest BCUT2D eigenvalue weighted by Gasteiger charge is -2.09. The monoisotopic (exact) mass is 358 g/mol. The maximum Gasteiger partial charge on any atom is 0.271 e. The second-order valence-electron chi connectivity index (χ2n) is 5.07. The van der Waals surface area contributed by atoms with Gasteiger partial charge in [0.1, 0.15) is 17.2 Å². The minimum Gasteiger partial charge on any atom is -0.497 e. The fraction of sp³-hybridized carbons (Fsp3) is 0.167. The van der Waals surface area contributed by atoms with E-state index in [-0.39, 0.29) is 11.4 Å². The average Bonchev–Trinajstić information content (AvgIpc) is 2.65. The van der Waals surface area contributed by atoms with Crippen LogP contribution in [0.3, 0.4) is 0 Å². The van der Waals surface area contributed by atoms with Crippen LogP contribution in [0.4, 0.5) is 11.4 Å². The molecule has 0 saturated carbocycles. The molecule has 136 valence electrons. The maximum absolute atomic E-state index is 12.2. The van der Waals surface area contributed by atoms with Crippen molar-refractivity contribution in [3.05, 3.63) is 58.2 Å². The van der Waals surface area contributed by atoms with E-state index in [9.17, 15) is 14.9 Å². The molecule has 1 amide bonds. The highest BCUT2D eigenvalue weighted by atomic mass is 16.6. The third-order valence-electron chi connectivity index (χ3n) is 3.51. The number of non-ortho nitro benzene ring substituents is 1. The Balaban J connectivity index is 2.20. The summed E-state index contributed by atoms with van der Waals surface area (Å²) in [5, 5.41) is 13.5. The summed E-state index contributed by atoms with van der Waals surface area (Å²) in [5.41, 5.74) is 0.731. The molecule has 0 radical (unpaired) electrons. The predicted octanol–water partition coefficient (Wildman–Crippen LogP) is 3.27. The molecule has 0 aliphatic rings. The minimum absolute atomic E-state index is 0.151. The molecule has 8 heteroatoms. The van der Waals surface area contributed by atoms with E-state index < -0.39 is 10.8 Å². The Hall–Kier alpha value is -3.55. The number of nitro groups is 1. The number of hydrogen-bond acceptors (Lipinski definition) is 6. The molecular formula is C18H18N2O6. The first-order valence-corrected chi connectivity index (χ1v) is 7.52.